The van der Waals surface area contributed by atoms with Crippen LogP contribution < -0.4 is 10.6 Å². The summed E-state index contributed by atoms with van der Waals surface area (Å²) in [6.07, 6.45) is 0.673. The molecule has 3 atom stereocenters. The highest BCUT2D eigenvalue weighted by molar-refractivity contribution is 5.85. The summed E-state index contributed by atoms with van der Waals surface area (Å²) in [5, 5.41) is 5.58. The minimum atomic E-state index is -0.555. The summed E-state index contributed by atoms with van der Waals surface area (Å²) in [7, 11) is 0. The van der Waals surface area contributed by atoms with E-state index in [-0.39, 0.29) is 48.7 Å². The van der Waals surface area contributed by atoms with Gasteiger partial charge in [-0.15, -0.1) is 0 Å². The zero-order chi connectivity index (χ0) is 19.6. The lowest BCUT2D eigenvalue weighted by Crippen LogP contribution is -2.62. The number of amides is 3. The van der Waals surface area contributed by atoms with Gasteiger partial charge in [-0.2, -0.15) is 0 Å². The SMILES string of the molecule is CC(=O)NC[C@H]1C(=O)N2C[C@@H](NC(C)=O)C[C@H]2CN1Cc1ccccc1F. The van der Waals surface area contributed by atoms with E-state index in [1.165, 1.54) is 19.9 Å². The Hall–Kier alpha value is -2.48. The van der Waals surface area contributed by atoms with Crippen LogP contribution in [-0.2, 0) is 20.9 Å². The molecule has 0 unspecified atom stereocenters. The number of carbonyl (C=O) groups is 3. The third-order valence-electron chi connectivity index (χ3n) is 5.15. The molecule has 2 heterocycles. The van der Waals surface area contributed by atoms with Crippen LogP contribution in [0.5, 0.6) is 0 Å². The molecular formula is C19H25FN4O3. The molecule has 0 aromatic heterocycles. The first kappa shape index (κ1) is 19.3. The number of rotatable bonds is 5. The van der Waals surface area contributed by atoms with Crippen LogP contribution in [0.1, 0.15) is 25.8 Å². The van der Waals surface area contributed by atoms with Gasteiger partial charge in [0.2, 0.25) is 17.7 Å². The van der Waals surface area contributed by atoms with Crippen LogP contribution in [0.2, 0.25) is 0 Å². The van der Waals surface area contributed by atoms with E-state index in [0.29, 0.717) is 25.1 Å². The van der Waals surface area contributed by atoms with E-state index in [9.17, 15) is 18.8 Å². The van der Waals surface area contributed by atoms with Gasteiger partial charge in [-0.05, 0) is 12.5 Å². The molecule has 7 nitrogen and oxygen atoms in total. The van der Waals surface area contributed by atoms with Crippen LogP contribution in [0.25, 0.3) is 0 Å². The van der Waals surface area contributed by atoms with E-state index < -0.39 is 6.04 Å². The monoisotopic (exact) mass is 376 g/mol. The Balaban J connectivity index is 1.79. The van der Waals surface area contributed by atoms with Crippen molar-refractivity contribution in [2.75, 3.05) is 19.6 Å². The maximum Gasteiger partial charge on any atom is 0.242 e. The number of halogens is 1. The number of benzene rings is 1. The van der Waals surface area contributed by atoms with Gasteiger partial charge in [0.15, 0.2) is 0 Å². The molecule has 2 N–H and O–H groups in total. The summed E-state index contributed by atoms with van der Waals surface area (Å²) in [6, 6.07) is 5.84. The first-order valence-electron chi connectivity index (χ1n) is 9.14. The largest absolute Gasteiger partial charge is 0.354 e. The Morgan fingerprint density at radius 3 is 2.59 bits per heavy atom. The Kier molecular flexibility index (Phi) is 5.74. The predicted molar refractivity (Wildman–Crippen MR) is 97.0 cm³/mol. The lowest BCUT2D eigenvalue weighted by atomic mass is 10.0. The molecule has 2 aliphatic rings. The fourth-order valence-corrected chi connectivity index (χ4v) is 3.97. The second-order valence-corrected chi connectivity index (χ2v) is 7.25. The van der Waals surface area contributed by atoms with Crippen LogP contribution >= 0.6 is 0 Å². The standard InChI is InChI=1S/C19H25FN4O3/c1-12(25)21-8-18-19(27)24-10-15(22-13(2)26)7-16(24)11-23(18)9-14-5-3-4-6-17(14)20/h3-6,15-16,18H,7-11H2,1-2H3,(H,21,25)(H,22,26)/t15-,16-,18-/m0/s1. The van der Waals surface area contributed by atoms with Crippen LogP contribution in [0.15, 0.2) is 24.3 Å². The Morgan fingerprint density at radius 1 is 1.19 bits per heavy atom. The van der Waals surface area contributed by atoms with Gasteiger partial charge < -0.3 is 15.5 Å². The highest BCUT2D eigenvalue weighted by atomic mass is 19.1. The minimum absolute atomic E-state index is 0.0327. The Bertz CT molecular complexity index is 741. The molecule has 2 fully saturated rings. The van der Waals surface area contributed by atoms with Crippen molar-refractivity contribution in [2.24, 2.45) is 0 Å². The first-order chi connectivity index (χ1) is 12.8. The summed E-state index contributed by atoms with van der Waals surface area (Å²) in [4.78, 5) is 39.5. The fraction of sp³-hybridized carbons (Fsp3) is 0.526. The summed E-state index contributed by atoms with van der Waals surface area (Å²) >= 11 is 0. The highest BCUT2D eigenvalue weighted by Gasteiger charge is 2.45. The average molecular weight is 376 g/mol. The van der Waals surface area contributed by atoms with Crippen LogP contribution in [0.4, 0.5) is 4.39 Å². The molecule has 146 valence electrons. The van der Waals surface area contributed by atoms with Crippen LogP contribution in [0.3, 0.4) is 0 Å². The number of fused-ring (bicyclic) bond motifs is 1. The van der Waals surface area contributed by atoms with Crippen LogP contribution in [0, 0.1) is 5.82 Å². The van der Waals surface area contributed by atoms with Gasteiger partial charge in [0.25, 0.3) is 0 Å². The smallest absolute Gasteiger partial charge is 0.242 e. The molecule has 1 aromatic carbocycles. The molecule has 27 heavy (non-hydrogen) atoms. The molecule has 2 aliphatic heterocycles. The lowest BCUT2D eigenvalue weighted by Gasteiger charge is -2.42. The first-order valence-corrected chi connectivity index (χ1v) is 9.14. The third kappa shape index (κ3) is 4.44. The predicted octanol–water partition coefficient (Wildman–Crippen LogP) is 0.252. The Morgan fingerprint density at radius 2 is 1.93 bits per heavy atom. The fourth-order valence-electron chi connectivity index (χ4n) is 3.97. The van der Waals surface area contributed by atoms with Crippen molar-refractivity contribution in [1.82, 2.24) is 20.4 Å². The molecular weight excluding hydrogens is 351 g/mol. The zero-order valence-corrected chi connectivity index (χ0v) is 15.6. The van der Waals surface area contributed by atoms with Crippen molar-refractivity contribution < 1.29 is 18.8 Å². The van der Waals surface area contributed by atoms with Gasteiger partial charge in [-0.3, -0.25) is 19.3 Å². The van der Waals surface area contributed by atoms with Crippen molar-refractivity contribution in [3.8, 4) is 0 Å². The number of nitrogens with one attached hydrogen (secondary N) is 2. The van der Waals surface area contributed by atoms with E-state index in [1.807, 2.05) is 4.90 Å². The number of hydrogen-bond donors (Lipinski definition) is 2. The van der Waals surface area contributed by atoms with Gasteiger partial charge in [-0.25, -0.2) is 4.39 Å². The molecule has 8 heteroatoms. The van der Waals surface area contributed by atoms with E-state index in [4.69, 9.17) is 0 Å². The second kappa shape index (κ2) is 8.04. The number of carbonyl (C=O) groups excluding carboxylic acids is 3. The number of hydrogen-bond acceptors (Lipinski definition) is 4. The maximum atomic E-state index is 14.1. The minimum Gasteiger partial charge on any atom is -0.354 e. The van der Waals surface area contributed by atoms with Crippen molar-refractivity contribution in [3.63, 3.8) is 0 Å². The van der Waals surface area contributed by atoms with E-state index >= 15 is 0 Å². The molecule has 3 rings (SSSR count). The summed E-state index contributed by atoms with van der Waals surface area (Å²) < 4.78 is 14.1. The zero-order valence-electron chi connectivity index (χ0n) is 15.6. The van der Waals surface area contributed by atoms with Gasteiger partial charge in [-0.1, -0.05) is 18.2 Å². The van der Waals surface area contributed by atoms with Gasteiger partial charge >= 0.3 is 0 Å². The second-order valence-electron chi connectivity index (χ2n) is 7.25. The molecule has 1 aromatic rings. The normalized spacial score (nSPS) is 25.2. The van der Waals surface area contributed by atoms with Gasteiger partial charge in [0.1, 0.15) is 11.9 Å². The molecule has 0 bridgehead atoms. The Labute approximate surface area is 157 Å². The average Bonchev–Trinajstić information content (AvgIpc) is 2.98. The van der Waals surface area contributed by atoms with Gasteiger partial charge in [0.05, 0.1) is 0 Å². The summed E-state index contributed by atoms with van der Waals surface area (Å²) in [5.41, 5.74) is 0.517. The highest BCUT2D eigenvalue weighted by Crippen LogP contribution is 2.27. The summed E-state index contributed by atoms with van der Waals surface area (Å²) in [6.45, 7) is 4.37. The van der Waals surface area contributed by atoms with E-state index in [1.54, 1.807) is 23.1 Å². The van der Waals surface area contributed by atoms with Crippen molar-refractivity contribution in [1.29, 1.82) is 0 Å². The molecule has 0 radical (unpaired) electrons. The van der Waals surface area contributed by atoms with Crippen LogP contribution in [-0.4, -0.2) is 65.3 Å². The van der Waals surface area contributed by atoms with E-state index in [2.05, 4.69) is 10.6 Å². The molecule has 0 saturated carbocycles. The quantitative estimate of drug-likeness (QED) is 0.772. The number of piperazine rings is 1. The van der Waals surface area contributed by atoms with Gasteiger partial charge in [0, 0.05) is 57.7 Å². The topological polar surface area (TPSA) is 81.8 Å². The molecule has 3 amide bonds. The molecule has 0 aliphatic carbocycles. The van der Waals surface area contributed by atoms with Crippen molar-refractivity contribution >= 4 is 17.7 Å². The van der Waals surface area contributed by atoms with Crippen molar-refractivity contribution in [3.05, 3.63) is 35.6 Å². The maximum absolute atomic E-state index is 14.1. The molecule has 2 saturated heterocycles. The number of nitrogens with zero attached hydrogens (tertiary/aromatic N) is 2. The van der Waals surface area contributed by atoms with Crippen molar-refractivity contribution in [2.45, 2.75) is 44.9 Å². The lowest BCUT2D eigenvalue weighted by molar-refractivity contribution is -0.144. The van der Waals surface area contributed by atoms with E-state index in [0.717, 1.165) is 0 Å². The summed E-state index contributed by atoms with van der Waals surface area (Å²) in [5.74, 6) is -0.740. The molecule has 0 spiro atoms. The third-order valence-corrected chi connectivity index (χ3v) is 5.15.